The van der Waals surface area contributed by atoms with Gasteiger partial charge in [-0.3, -0.25) is 0 Å². The molecule has 1 aromatic rings. The summed E-state index contributed by atoms with van der Waals surface area (Å²) >= 11 is 0. The van der Waals surface area contributed by atoms with Crippen LogP contribution in [0.4, 0.5) is 0 Å². The van der Waals surface area contributed by atoms with Gasteiger partial charge in [-0.15, -0.1) is 0 Å². The van der Waals surface area contributed by atoms with Crippen molar-refractivity contribution in [3.8, 4) is 5.75 Å². The number of aliphatic hydroxyl groups excluding tert-OH is 1. The highest BCUT2D eigenvalue weighted by Crippen LogP contribution is 2.23. The molecule has 16 heavy (non-hydrogen) atoms. The van der Waals surface area contributed by atoms with Crippen LogP contribution in [-0.4, -0.2) is 31.9 Å². The summed E-state index contributed by atoms with van der Waals surface area (Å²) < 4.78 is 5.19. The zero-order valence-corrected chi connectivity index (χ0v) is 10.0. The summed E-state index contributed by atoms with van der Waals surface area (Å²) in [4.78, 5) is 0. The van der Waals surface area contributed by atoms with E-state index in [1.807, 2.05) is 32.2 Å². The zero-order valence-electron chi connectivity index (χ0n) is 10.0. The second kappa shape index (κ2) is 5.84. The molecule has 0 bridgehead atoms. The largest absolute Gasteiger partial charge is 0.496 e. The molecule has 0 aliphatic carbocycles. The van der Waals surface area contributed by atoms with Crippen LogP contribution in [0.5, 0.6) is 5.75 Å². The molecule has 0 saturated carbocycles. The van der Waals surface area contributed by atoms with E-state index in [0.717, 1.165) is 16.9 Å². The summed E-state index contributed by atoms with van der Waals surface area (Å²) in [7, 11) is 3.45. The van der Waals surface area contributed by atoms with E-state index in [0.29, 0.717) is 0 Å². The Kier molecular flexibility index (Phi) is 4.73. The van der Waals surface area contributed by atoms with E-state index in [1.165, 1.54) is 0 Å². The van der Waals surface area contributed by atoms with Crippen LogP contribution in [0.1, 0.15) is 17.2 Å². The molecular weight excluding hydrogens is 204 g/mol. The number of hydrogen-bond donors (Lipinski definition) is 3. The lowest BCUT2D eigenvalue weighted by Crippen LogP contribution is -2.35. The van der Waals surface area contributed by atoms with Crippen LogP contribution >= 0.6 is 0 Å². The minimum atomic E-state index is -0.585. The second-order valence-corrected chi connectivity index (χ2v) is 3.80. The van der Waals surface area contributed by atoms with Gasteiger partial charge in [0.25, 0.3) is 0 Å². The topological polar surface area (TPSA) is 67.5 Å². The van der Waals surface area contributed by atoms with Crippen molar-refractivity contribution >= 4 is 0 Å². The van der Waals surface area contributed by atoms with Crippen molar-refractivity contribution in [2.24, 2.45) is 5.73 Å². The summed E-state index contributed by atoms with van der Waals surface area (Å²) in [6.07, 6.45) is -0.585. The number of hydrogen-bond acceptors (Lipinski definition) is 4. The number of aliphatic hydroxyl groups is 1. The summed E-state index contributed by atoms with van der Waals surface area (Å²) in [5.41, 5.74) is 7.52. The number of benzene rings is 1. The molecule has 0 aliphatic heterocycles. The molecule has 0 amide bonds. The van der Waals surface area contributed by atoms with Crippen molar-refractivity contribution in [1.82, 2.24) is 5.32 Å². The van der Waals surface area contributed by atoms with Gasteiger partial charge >= 0.3 is 0 Å². The number of nitrogens with two attached hydrogens (primary N) is 1. The Morgan fingerprint density at radius 1 is 1.50 bits per heavy atom. The van der Waals surface area contributed by atoms with E-state index in [2.05, 4.69) is 5.32 Å². The van der Waals surface area contributed by atoms with Gasteiger partial charge in [0.1, 0.15) is 5.75 Å². The summed E-state index contributed by atoms with van der Waals surface area (Å²) in [5.74, 6) is 0.848. The average Bonchev–Trinajstić information content (AvgIpc) is 2.30. The Hall–Kier alpha value is -1.10. The third-order valence-corrected chi connectivity index (χ3v) is 2.72. The van der Waals surface area contributed by atoms with Gasteiger partial charge in [0.05, 0.1) is 19.3 Å². The van der Waals surface area contributed by atoms with Gasteiger partial charge in [0.2, 0.25) is 0 Å². The fraction of sp³-hybridized carbons (Fsp3) is 0.500. The van der Waals surface area contributed by atoms with E-state index in [-0.39, 0.29) is 12.6 Å². The minimum Gasteiger partial charge on any atom is -0.496 e. The highest BCUT2D eigenvalue weighted by molar-refractivity contribution is 5.37. The van der Waals surface area contributed by atoms with Crippen LogP contribution in [0.15, 0.2) is 18.2 Å². The average molecular weight is 224 g/mol. The highest BCUT2D eigenvalue weighted by Gasteiger charge is 2.18. The Morgan fingerprint density at radius 2 is 2.19 bits per heavy atom. The number of rotatable bonds is 5. The fourth-order valence-corrected chi connectivity index (χ4v) is 1.81. The van der Waals surface area contributed by atoms with E-state index in [9.17, 15) is 5.11 Å². The van der Waals surface area contributed by atoms with Crippen LogP contribution in [0.3, 0.4) is 0 Å². The molecule has 0 radical (unpaired) electrons. The number of aryl methyl sites for hydroxylation is 1. The third kappa shape index (κ3) is 2.72. The molecule has 1 aromatic carbocycles. The van der Waals surface area contributed by atoms with E-state index in [1.54, 1.807) is 7.11 Å². The molecule has 2 atom stereocenters. The molecule has 0 aliphatic rings. The van der Waals surface area contributed by atoms with Gasteiger partial charge in [0.15, 0.2) is 0 Å². The normalized spacial score (nSPS) is 14.6. The van der Waals surface area contributed by atoms with E-state index < -0.39 is 6.10 Å². The number of likely N-dealkylation sites (N-methyl/N-ethyl adjacent to an activating group) is 1. The molecule has 2 unspecified atom stereocenters. The summed E-state index contributed by atoms with van der Waals surface area (Å²) in [6, 6.07) is 5.69. The van der Waals surface area contributed by atoms with Crippen molar-refractivity contribution in [3.63, 3.8) is 0 Å². The summed E-state index contributed by atoms with van der Waals surface area (Å²) in [5, 5.41) is 12.8. The molecule has 90 valence electrons. The molecule has 0 heterocycles. The van der Waals surface area contributed by atoms with Gasteiger partial charge < -0.3 is 20.9 Å². The maximum Gasteiger partial charge on any atom is 0.121 e. The molecule has 4 N–H and O–H groups in total. The molecular formula is C12H20N2O2. The van der Waals surface area contributed by atoms with Crippen LogP contribution < -0.4 is 15.8 Å². The van der Waals surface area contributed by atoms with Gasteiger partial charge in [-0.1, -0.05) is 12.1 Å². The Labute approximate surface area is 96.4 Å². The quantitative estimate of drug-likeness (QED) is 0.684. The predicted molar refractivity (Wildman–Crippen MR) is 64.6 cm³/mol. The Bertz CT molecular complexity index is 342. The number of ether oxygens (including phenoxy) is 1. The van der Waals surface area contributed by atoms with Crippen molar-refractivity contribution < 1.29 is 9.84 Å². The fourth-order valence-electron chi connectivity index (χ4n) is 1.81. The first-order valence-corrected chi connectivity index (χ1v) is 5.34. The smallest absolute Gasteiger partial charge is 0.121 e. The predicted octanol–water partition coefficient (Wildman–Crippen LogP) is 0.584. The first-order chi connectivity index (χ1) is 7.63. The maximum atomic E-state index is 9.77. The number of methoxy groups -OCH3 is 1. The van der Waals surface area contributed by atoms with Gasteiger partial charge in [-0.2, -0.15) is 0 Å². The van der Waals surface area contributed by atoms with Crippen LogP contribution in [0, 0.1) is 6.92 Å². The van der Waals surface area contributed by atoms with Gasteiger partial charge in [-0.05, 0) is 31.2 Å². The van der Waals surface area contributed by atoms with E-state index >= 15 is 0 Å². The zero-order chi connectivity index (χ0) is 12.1. The highest BCUT2D eigenvalue weighted by atomic mass is 16.5. The standard InChI is InChI=1S/C12H20N2O2/c1-8-6-9(4-5-11(8)16-3)12(14-2)10(15)7-13/h4-6,10,12,14-15H,7,13H2,1-3H3. The Morgan fingerprint density at radius 3 is 2.62 bits per heavy atom. The monoisotopic (exact) mass is 224 g/mol. The van der Waals surface area contributed by atoms with Crippen molar-refractivity contribution in [3.05, 3.63) is 29.3 Å². The third-order valence-electron chi connectivity index (χ3n) is 2.72. The van der Waals surface area contributed by atoms with Crippen LogP contribution in [0.25, 0.3) is 0 Å². The molecule has 4 nitrogen and oxygen atoms in total. The second-order valence-electron chi connectivity index (χ2n) is 3.80. The molecule has 0 fully saturated rings. The minimum absolute atomic E-state index is 0.144. The number of nitrogens with one attached hydrogen (secondary N) is 1. The molecule has 1 rings (SSSR count). The van der Waals surface area contributed by atoms with Crippen molar-refractivity contribution in [2.75, 3.05) is 20.7 Å². The SMILES string of the molecule is CNC(c1ccc(OC)c(C)c1)C(O)CN. The molecule has 0 spiro atoms. The lowest BCUT2D eigenvalue weighted by molar-refractivity contribution is 0.139. The van der Waals surface area contributed by atoms with Crippen molar-refractivity contribution in [2.45, 2.75) is 19.1 Å². The lowest BCUT2D eigenvalue weighted by atomic mass is 9.99. The summed E-state index contributed by atoms with van der Waals surface area (Å²) in [6.45, 7) is 2.21. The Balaban J connectivity index is 2.98. The van der Waals surface area contributed by atoms with Gasteiger partial charge in [0, 0.05) is 6.54 Å². The van der Waals surface area contributed by atoms with Gasteiger partial charge in [-0.25, -0.2) is 0 Å². The van der Waals surface area contributed by atoms with Crippen LogP contribution in [-0.2, 0) is 0 Å². The maximum absolute atomic E-state index is 9.77. The van der Waals surface area contributed by atoms with E-state index in [4.69, 9.17) is 10.5 Å². The lowest BCUT2D eigenvalue weighted by Gasteiger charge is -2.22. The van der Waals surface area contributed by atoms with Crippen molar-refractivity contribution in [1.29, 1.82) is 0 Å². The molecule has 4 heteroatoms. The molecule has 0 aromatic heterocycles. The molecule has 0 saturated heterocycles. The first-order valence-electron chi connectivity index (χ1n) is 5.34. The first kappa shape index (κ1) is 13.0. The van der Waals surface area contributed by atoms with Crippen LogP contribution in [0.2, 0.25) is 0 Å².